The van der Waals surface area contributed by atoms with Crippen LogP contribution in [0.15, 0.2) is 30.9 Å². The van der Waals surface area contributed by atoms with Crippen LogP contribution in [0.5, 0.6) is 0 Å². The van der Waals surface area contributed by atoms with Crippen LogP contribution in [0, 0.1) is 5.92 Å². The van der Waals surface area contributed by atoms with Gasteiger partial charge in [0.25, 0.3) is 0 Å². The zero-order valence-corrected chi connectivity index (χ0v) is 15.3. The average Bonchev–Trinajstić information content (AvgIpc) is 3.42. The van der Waals surface area contributed by atoms with Gasteiger partial charge in [-0.1, -0.05) is 0 Å². The Morgan fingerprint density at radius 2 is 1.85 bits per heavy atom. The molecule has 3 fully saturated rings. The number of carbonyl (C=O) groups is 1. The molecule has 1 saturated carbocycles. The molecule has 0 radical (unpaired) electrons. The van der Waals surface area contributed by atoms with Crippen molar-refractivity contribution in [3.05, 3.63) is 36.4 Å². The summed E-state index contributed by atoms with van der Waals surface area (Å²) in [4.78, 5) is 20.7. The Morgan fingerprint density at radius 3 is 2.56 bits per heavy atom. The highest BCUT2D eigenvalue weighted by molar-refractivity contribution is 5.80. The van der Waals surface area contributed by atoms with Crippen molar-refractivity contribution in [3.63, 3.8) is 0 Å². The molecule has 0 atom stereocenters. The van der Waals surface area contributed by atoms with Crippen molar-refractivity contribution in [3.8, 4) is 5.69 Å². The number of hydrogen-bond acceptors (Lipinski definition) is 4. The van der Waals surface area contributed by atoms with Crippen LogP contribution in [0.2, 0.25) is 0 Å². The Labute approximate surface area is 158 Å². The fraction of sp³-hybridized carbons (Fsp3) is 0.550. The maximum atomic E-state index is 13.0. The van der Waals surface area contributed by atoms with E-state index >= 15 is 0 Å². The van der Waals surface area contributed by atoms with Gasteiger partial charge in [-0.3, -0.25) is 9.78 Å². The Kier molecular flexibility index (Phi) is 4.10. The maximum absolute atomic E-state index is 13.0. The molecule has 27 heavy (non-hydrogen) atoms. The molecule has 0 bridgehead atoms. The Hall–Kier alpha value is -2.44. The Balaban J connectivity index is 1.29. The lowest BCUT2D eigenvalue weighted by Gasteiger charge is -2.40. The molecule has 7 heteroatoms. The summed E-state index contributed by atoms with van der Waals surface area (Å²) < 4.78 is 15.0. The molecule has 0 aromatic carbocycles. The highest BCUT2D eigenvalue weighted by Crippen LogP contribution is 2.40. The monoisotopic (exact) mass is 369 g/mol. The number of pyridine rings is 1. The third kappa shape index (κ3) is 3.19. The van der Waals surface area contributed by atoms with Crippen LogP contribution in [0.25, 0.3) is 5.69 Å². The first-order valence-electron chi connectivity index (χ1n) is 9.86. The van der Waals surface area contributed by atoms with Gasteiger partial charge >= 0.3 is 0 Å². The number of carbonyl (C=O) groups excluding carboxylic acids is 1. The van der Waals surface area contributed by atoms with Gasteiger partial charge in [-0.2, -0.15) is 5.10 Å². The SMILES string of the molecule is O=C(C1CCN(c2cnccc2-n2cc(C3CC3)cn2)CC1)N1CC(F)C1. The minimum atomic E-state index is -0.832. The summed E-state index contributed by atoms with van der Waals surface area (Å²) in [6, 6.07) is 2.00. The van der Waals surface area contributed by atoms with E-state index in [1.807, 2.05) is 23.1 Å². The summed E-state index contributed by atoms with van der Waals surface area (Å²) in [7, 11) is 0. The number of hydrogen-bond donors (Lipinski definition) is 0. The predicted molar refractivity (Wildman–Crippen MR) is 99.7 cm³/mol. The zero-order chi connectivity index (χ0) is 18.4. The first-order chi connectivity index (χ1) is 13.2. The quantitative estimate of drug-likeness (QED) is 0.831. The van der Waals surface area contributed by atoms with Crippen molar-refractivity contribution in [1.29, 1.82) is 0 Å². The molecule has 0 N–H and O–H groups in total. The number of amides is 1. The second-order valence-corrected chi connectivity index (χ2v) is 7.96. The molecule has 0 spiro atoms. The molecule has 3 aliphatic rings. The maximum Gasteiger partial charge on any atom is 0.226 e. The normalized spacial score (nSPS) is 21.4. The molecule has 142 valence electrons. The molecular formula is C20H24FN5O. The van der Waals surface area contributed by atoms with Gasteiger partial charge in [0, 0.05) is 31.4 Å². The minimum Gasteiger partial charge on any atom is -0.368 e. The number of anilines is 1. The fourth-order valence-electron chi connectivity index (χ4n) is 4.14. The molecule has 1 aliphatic carbocycles. The highest BCUT2D eigenvalue weighted by atomic mass is 19.1. The van der Waals surface area contributed by atoms with Crippen molar-refractivity contribution in [2.75, 3.05) is 31.1 Å². The number of rotatable bonds is 4. The van der Waals surface area contributed by atoms with E-state index in [4.69, 9.17) is 0 Å². The number of alkyl halides is 1. The third-order valence-corrected chi connectivity index (χ3v) is 6.01. The van der Waals surface area contributed by atoms with Crippen LogP contribution in [-0.2, 0) is 4.79 Å². The summed E-state index contributed by atoms with van der Waals surface area (Å²) >= 11 is 0. The van der Waals surface area contributed by atoms with Crippen molar-refractivity contribution >= 4 is 11.6 Å². The summed E-state index contributed by atoms with van der Waals surface area (Å²) in [5, 5.41) is 4.56. The molecule has 1 amide bonds. The standard InChI is InChI=1S/C20H24FN5O/c21-17-12-25(13-17)20(27)15-4-7-24(8-5-15)19-10-22-6-3-18(19)26-11-16(9-23-26)14-1-2-14/h3,6,9-11,14-15,17H,1-2,4-5,7-8,12-13H2. The molecule has 4 heterocycles. The average molecular weight is 369 g/mol. The van der Waals surface area contributed by atoms with Crippen molar-refractivity contribution in [2.45, 2.75) is 37.8 Å². The number of nitrogens with zero attached hydrogens (tertiary/aromatic N) is 5. The number of halogens is 1. The predicted octanol–water partition coefficient (Wildman–Crippen LogP) is 2.54. The van der Waals surface area contributed by atoms with Gasteiger partial charge in [0.05, 0.1) is 36.9 Å². The largest absolute Gasteiger partial charge is 0.368 e. The molecule has 2 aromatic rings. The lowest BCUT2D eigenvalue weighted by Crippen LogP contribution is -2.54. The van der Waals surface area contributed by atoms with E-state index in [0.717, 1.165) is 37.3 Å². The molecular weight excluding hydrogens is 345 g/mol. The minimum absolute atomic E-state index is 0.0139. The first kappa shape index (κ1) is 16.7. The molecule has 0 unspecified atom stereocenters. The van der Waals surface area contributed by atoms with Crippen molar-refractivity contribution in [1.82, 2.24) is 19.7 Å². The summed E-state index contributed by atoms with van der Waals surface area (Å²) in [5.74, 6) is 0.812. The van der Waals surface area contributed by atoms with Crippen LogP contribution in [0.4, 0.5) is 10.1 Å². The highest BCUT2D eigenvalue weighted by Gasteiger charge is 2.36. The molecule has 2 saturated heterocycles. The van der Waals surface area contributed by atoms with E-state index in [9.17, 15) is 9.18 Å². The molecule has 5 rings (SSSR count). The van der Waals surface area contributed by atoms with E-state index in [1.54, 1.807) is 11.1 Å². The van der Waals surface area contributed by atoms with Gasteiger partial charge in [-0.15, -0.1) is 0 Å². The lowest BCUT2D eigenvalue weighted by atomic mass is 9.93. The smallest absolute Gasteiger partial charge is 0.226 e. The van der Waals surface area contributed by atoms with Crippen LogP contribution in [0.3, 0.4) is 0 Å². The topological polar surface area (TPSA) is 54.3 Å². The fourth-order valence-corrected chi connectivity index (χ4v) is 4.14. The summed E-state index contributed by atoms with van der Waals surface area (Å²) in [5.41, 5.74) is 3.40. The zero-order valence-electron chi connectivity index (χ0n) is 15.3. The molecule has 2 aliphatic heterocycles. The summed E-state index contributed by atoms with van der Waals surface area (Å²) in [6.45, 7) is 2.15. The van der Waals surface area contributed by atoms with Gasteiger partial charge in [-0.25, -0.2) is 9.07 Å². The van der Waals surface area contributed by atoms with Gasteiger partial charge < -0.3 is 9.80 Å². The first-order valence-corrected chi connectivity index (χ1v) is 9.86. The van der Waals surface area contributed by atoms with E-state index in [0.29, 0.717) is 5.92 Å². The Bertz CT molecular complexity index is 834. The van der Waals surface area contributed by atoms with Gasteiger partial charge in [0.2, 0.25) is 5.91 Å². The number of piperidine rings is 1. The van der Waals surface area contributed by atoms with Crippen molar-refractivity contribution < 1.29 is 9.18 Å². The second kappa shape index (κ2) is 6.62. The van der Waals surface area contributed by atoms with Crippen LogP contribution in [-0.4, -0.2) is 57.9 Å². The van der Waals surface area contributed by atoms with Gasteiger partial charge in [-0.05, 0) is 43.2 Å². The van der Waals surface area contributed by atoms with E-state index in [-0.39, 0.29) is 24.9 Å². The Morgan fingerprint density at radius 1 is 1.07 bits per heavy atom. The number of likely N-dealkylation sites (tertiary alicyclic amines) is 1. The summed E-state index contributed by atoms with van der Waals surface area (Å²) in [6.07, 6.45) is 11.1. The van der Waals surface area contributed by atoms with E-state index < -0.39 is 6.17 Å². The van der Waals surface area contributed by atoms with Gasteiger partial charge in [0.1, 0.15) is 6.17 Å². The molecule has 6 nitrogen and oxygen atoms in total. The number of aromatic nitrogens is 3. The van der Waals surface area contributed by atoms with Crippen LogP contribution < -0.4 is 4.90 Å². The third-order valence-electron chi connectivity index (χ3n) is 6.01. The van der Waals surface area contributed by atoms with E-state index in [1.165, 1.54) is 18.4 Å². The lowest BCUT2D eigenvalue weighted by molar-refractivity contribution is -0.143. The van der Waals surface area contributed by atoms with E-state index in [2.05, 4.69) is 21.2 Å². The second-order valence-electron chi connectivity index (χ2n) is 7.96. The van der Waals surface area contributed by atoms with Crippen LogP contribution >= 0.6 is 0 Å². The van der Waals surface area contributed by atoms with Crippen molar-refractivity contribution in [2.24, 2.45) is 5.92 Å². The molecule has 2 aromatic heterocycles. The van der Waals surface area contributed by atoms with Gasteiger partial charge in [0.15, 0.2) is 0 Å². The van der Waals surface area contributed by atoms with Crippen LogP contribution in [0.1, 0.15) is 37.2 Å².